The minimum atomic E-state index is -4.30. The second-order valence-electron chi connectivity index (χ2n) is 3.65. The molecule has 0 saturated heterocycles. The maximum Gasteiger partial charge on any atom is 0.371 e. The van der Waals surface area contributed by atoms with Gasteiger partial charge in [0.25, 0.3) is 10.0 Å². The van der Waals surface area contributed by atoms with Crippen molar-refractivity contribution in [2.24, 2.45) is 0 Å². The van der Waals surface area contributed by atoms with Crippen molar-refractivity contribution in [3.05, 3.63) is 47.7 Å². The number of hydrogen-bond donors (Lipinski definition) is 2. The monoisotopic (exact) mass is 303 g/mol. The molecule has 0 amide bonds. The van der Waals surface area contributed by atoms with Gasteiger partial charge in [0, 0.05) is 6.07 Å². The Morgan fingerprint density at radius 1 is 1.20 bits per heavy atom. The molecule has 0 aliphatic rings. The first-order valence-electron chi connectivity index (χ1n) is 5.10. The predicted octanol–water partition coefficient (Wildman–Crippen LogP) is 2.06. The van der Waals surface area contributed by atoms with Gasteiger partial charge >= 0.3 is 5.97 Å². The van der Waals surface area contributed by atoms with Gasteiger partial charge < -0.3 is 9.52 Å². The van der Waals surface area contributed by atoms with Crippen LogP contribution >= 0.6 is 0 Å². The average molecular weight is 303 g/mol. The summed E-state index contributed by atoms with van der Waals surface area (Å²) in [5.41, 5.74) is -0.486. The number of aromatic carboxylic acids is 1. The number of anilines is 1. The Bertz CT molecular complexity index is 769. The highest BCUT2D eigenvalue weighted by atomic mass is 32.2. The van der Waals surface area contributed by atoms with Crippen LogP contribution in [0.4, 0.5) is 14.5 Å². The van der Waals surface area contributed by atoms with Crippen molar-refractivity contribution >= 4 is 21.7 Å². The smallest absolute Gasteiger partial charge is 0.371 e. The maximum absolute atomic E-state index is 13.3. The maximum atomic E-state index is 13.3. The standard InChI is InChI=1S/C11H7F2NO5S/c12-6-1-2-8(7(13)5-6)14-20(17,18)10-4-3-9(19-10)11(15)16/h1-5,14H,(H,15,16). The fourth-order valence-corrected chi connectivity index (χ4v) is 2.35. The van der Waals surface area contributed by atoms with E-state index in [0.29, 0.717) is 6.07 Å². The molecule has 1 heterocycles. The number of sulfonamides is 1. The SMILES string of the molecule is O=C(O)c1ccc(S(=O)(=O)Nc2ccc(F)cc2F)o1. The molecule has 1 aromatic carbocycles. The van der Waals surface area contributed by atoms with Gasteiger partial charge in [-0.2, -0.15) is 8.42 Å². The van der Waals surface area contributed by atoms with Crippen LogP contribution in [0.15, 0.2) is 39.8 Å². The summed E-state index contributed by atoms with van der Waals surface area (Å²) < 4.78 is 56.1. The Labute approximate surface area is 111 Å². The van der Waals surface area contributed by atoms with E-state index in [-0.39, 0.29) is 0 Å². The molecular weight excluding hydrogens is 296 g/mol. The van der Waals surface area contributed by atoms with Crippen molar-refractivity contribution in [1.82, 2.24) is 0 Å². The van der Waals surface area contributed by atoms with Crippen molar-refractivity contribution < 1.29 is 31.5 Å². The number of hydrogen-bond acceptors (Lipinski definition) is 4. The first-order chi connectivity index (χ1) is 9.29. The van der Waals surface area contributed by atoms with Crippen LogP contribution < -0.4 is 4.72 Å². The number of carboxylic acid groups (broad SMARTS) is 1. The van der Waals surface area contributed by atoms with Gasteiger partial charge in [-0.3, -0.25) is 4.72 Å². The van der Waals surface area contributed by atoms with Crippen LogP contribution in [0.1, 0.15) is 10.6 Å². The second kappa shape index (κ2) is 4.93. The number of halogens is 2. The third kappa shape index (κ3) is 2.77. The van der Waals surface area contributed by atoms with Gasteiger partial charge in [-0.15, -0.1) is 0 Å². The van der Waals surface area contributed by atoms with Crippen LogP contribution in [0.3, 0.4) is 0 Å². The van der Waals surface area contributed by atoms with E-state index in [1.807, 2.05) is 4.72 Å². The molecule has 0 saturated carbocycles. The summed E-state index contributed by atoms with van der Waals surface area (Å²) in [7, 11) is -4.30. The Morgan fingerprint density at radius 3 is 2.45 bits per heavy atom. The normalized spacial score (nSPS) is 11.3. The highest BCUT2D eigenvalue weighted by Crippen LogP contribution is 2.21. The lowest BCUT2D eigenvalue weighted by Crippen LogP contribution is -2.13. The zero-order chi connectivity index (χ0) is 14.9. The molecule has 0 aliphatic carbocycles. The highest BCUT2D eigenvalue weighted by molar-refractivity contribution is 7.92. The van der Waals surface area contributed by atoms with E-state index < -0.39 is 44.2 Å². The molecule has 0 fully saturated rings. The summed E-state index contributed by atoms with van der Waals surface area (Å²) in [5, 5.41) is 7.92. The predicted molar refractivity (Wildman–Crippen MR) is 62.8 cm³/mol. The largest absolute Gasteiger partial charge is 0.475 e. The fourth-order valence-electron chi connectivity index (χ4n) is 1.35. The van der Waals surface area contributed by atoms with E-state index in [0.717, 1.165) is 24.3 Å². The molecule has 0 radical (unpaired) electrons. The van der Waals surface area contributed by atoms with Crippen LogP contribution in [-0.2, 0) is 10.0 Å². The third-order valence-electron chi connectivity index (χ3n) is 2.23. The lowest BCUT2D eigenvalue weighted by molar-refractivity contribution is 0.0656. The summed E-state index contributed by atoms with van der Waals surface area (Å²) in [6.07, 6.45) is 0. The van der Waals surface area contributed by atoms with Gasteiger partial charge in [-0.25, -0.2) is 13.6 Å². The lowest BCUT2D eigenvalue weighted by atomic mass is 10.3. The van der Waals surface area contributed by atoms with E-state index >= 15 is 0 Å². The van der Waals surface area contributed by atoms with E-state index in [4.69, 9.17) is 5.11 Å². The molecule has 106 valence electrons. The molecule has 6 nitrogen and oxygen atoms in total. The number of rotatable bonds is 4. The molecule has 0 atom stereocenters. The first kappa shape index (κ1) is 14.0. The fraction of sp³-hybridized carbons (Fsp3) is 0. The molecule has 0 unspecified atom stereocenters. The van der Waals surface area contributed by atoms with E-state index in [1.54, 1.807) is 0 Å². The zero-order valence-electron chi connectivity index (χ0n) is 9.63. The molecule has 0 aliphatic heterocycles. The van der Waals surface area contributed by atoms with Crippen LogP contribution in [0.25, 0.3) is 0 Å². The van der Waals surface area contributed by atoms with Crippen LogP contribution in [0, 0.1) is 11.6 Å². The second-order valence-corrected chi connectivity index (χ2v) is 5.27. The molecule has 1 aromatic heterocycles. The number of carbonyl (C=O) groups is 1. The van der Waals surface area contributed by atoms with Crippen molar-refractivity contribution in [3.8, 4) is 0 Å². The van der Waals surface area contributed by atoms with E-state index in [2.05, 4.69) is 4.42 Å². The lowest BCUT2D eigenvalue weighted by Gasteiger charge is -2.06. The summed E-state index contributed by atoms with van der Waals surface area (Å²) in [4.78, 5) is 10.6. The van der Waals surface area contributed by atoms with Crippen molar-refractivity contribution in [2.75, 3.05) is 4.72 Å². The van der Waals surface area contributed by atoms with Crippen molar-refractivity contribution in [3.63, 3.8) is 0 Å². The number of benzene rings is 1. The number of furan rings is 1. The molecule has 0 bridgehead atoms. The molecule has 2 aromatic rings. The summed E-state index contributed by atoms with van der Waals surface area (Å²) >= 11 is 0. The summed E-state index contributed by atoms with van der Waals surface area (Å²) in [6, 6.07) is 4.11. The Morgan fingerprint density at radius 2 is 1.90 bits per heavy atom. The Balaban J connectivity index is 2.33. The molecule has 9 heteroatoms. The molecule has 2 rings (SSSR count). The number of nitrogens with one attached hydrogen (secondary N) is 1. The van der Waals surface area contributed by atoms with Crippen molar-refractivity contribution in [1.29, 1.82) is 0 Å². The third-order valence-corrected chi connectivity index (χ3v) is 3.47. The van der Waals surface area contributed by atoms with Crippen LogP contribution in [0.2, 0.25) is 0 Å². The van der Waals surface area contributed by atoms with Crippen molar-refractivity contribution in [2.45, 2.75) is 5.09 Å². The summed E-state index contributed by atoms with van der Waals surface area (Å²) in [6.45, 7) is 0. The minimum Gasteiger partial charge on any atom is -0.475 e. The van der Waals surface area contributed by atoms with Gasteiger partial charge in [0.1, 0.15) is 11.6 Å². The van der Waals surface area contributed by atoms with E-state index in [9.17, 15) is 22.0 Å². The summed E-state index contributed by atoms with van der Waals surface area (Å²) in [5.74, 6) is -4.00. The Hall–Kier alpha value is -2.42. The number of carboxylic acids is 1. The average Bonchev–Trinajstić information content (AvgIpc) is 2.83. The zero-order valence-corrected chi connectivity index (χ0v) is 10.4. The highest BCUT2D eigenvalue weighted by Gasteiger charge is 2.22. The Kier molecular flexibility index (Phi) is 3.45. The van der Waals surface area contributed by atoms with Crippen LogP contribution in [-0.4, -0.2) is 19.5 Å². The molecular formula is C11H7F2NO5S. The quantitative estimate of drug-likeness (QED) is 0.901. The molecule has 20 heavy (non-hydrogen) atoms. The van der Waals surface area contributed by atoms with Gasteiger partial charge in [0.2, 0.25) is 10.9 Å². The molecule has 2 N–H and O–H groups in total. The van der Waals surface area contributed by atoms with Gasteiger partial charge in [0.15, 0.2) is 0 Å². The van der Waals surface area contributed by atoms with Gasteiger partial charge in [-0.1, -0.05) is 0 Å². The van der Waals surface area contributed by atoms with Crippen LogP contribution in [0.5, 0.6) is 0 Å². The molecule has 0 spiro atoms. The van der Waals surface area contributed by atoms with E-state index in [1.165, 1.54) is 0 Å². The van der Waals surface area contributed by atoms with Gasteiger partial charge in [0.05, 0.1) is 5.69 Å². The minimum absolute atomic E-state index is 0.486. The first-order valence-corrected chi connectivity index (χ1v) is 6.59. The topological polar surface area (TPSA) is 96.6 Å². The van der Waals surface area contributed by atoms with Gasteiger partial charge in [-0.05, 0) is 24.3 Å².